The summed E-state index contributed by atoms with van der Waals surface area (Å²) in [5.41, 5.74) is 1.11. The van der Waals surface area contributed by atoms with Crippen LogP contribution in [0.25, 0.3) is 0 Å². The first-order valence-corrected chi connectivity index (χ1v) is 31.0. The quantitative estimate of drug-likeness (QED) is 0.0383. The van der Waals surface area contributed by atoms with Crippen molar-refractivity contribution in [3.05, 3.63) is 59.7 Å². The van der Waals surface area contributed by atoms with Crippen LogP contribution < -0.4 is 10.6 Å². The largest absolute Gasteiger partial charge is 0.466 e. The van der Waals surface area contributed by atoms with E-state index < -0.39 is 0 Å². The summed E-state index contributed by atoms with van der Waals surface area (Å²) in [5.74, 6) is -0.700. The number of esters is 2. The lowest BCUT2D eigenvalue weighted by atomic mass is 10.0. The van der Waals surface area contributed by atoms with Gasteiger partial charge in [0.15, 0.2) is 0 Å². The molecule has 2 amide bonds. The number of ether oxygens (including phenoxy) is 2. The summed E-state index contributed by atoms with van der Waals surface area (Å²) in [7, 11) is 2.86. The molecule has 2 rings (SSSR count). The van der Waals surface area contributed by atoms with Crippen LogP contribution in [0, 0.1) is 0 Å². The van der Waals surface area contributed by atoms with Gasteiger partial charge in [-0.15, -0.1) is 0 Å². The van der Waals surface area contributed by atoms with Gasteiger partial charge in [0.1, 0.15) is 0 Å². The molecule has 0 aliphatic heterocycles. The van der Waals surface area contributed by atoms with Crippen molar-refractivity contribution < 1.29 is 28.7 Å². The lowest BCUT2D eigenvalue weighted by Gasteiger charge is -2.12. The maximum absolute atomic E-state index is 13.2. The van der Waals surface area contributed by atoms with Crippen molar-refractivity contribution in [1.29, 1.82) is 0 Å². The molecule has 0 saturated carbocycles. The van der Waals surface area contributed by atoms with Crippen LogP contribution >= 0.6 is 21.6 Å². The van der Waals surface area contributed by atoms with Gasteiger partial charge in [0.2, 0.25) is 0 Å². The van der Waals surface area contributed by atoms with E-state index in [1.54, 1.807) is 12.1 Å². The van der Waals surface area contributed by atoms with Crippen molar-refractivity contribution in [2.75, 3.05) is 26.3 Å². The molecular formula is C60H100N2O6S2. The second-order valence-electron chi connectivity index (χ2n) is 19.6. The van der Waals surface area contributed by atoms with Crippen molar-refractivity contribution in [3.8, 4) is 0 Å². The van der Waals surface area contributed by atoms with Crippen LogP contribution in [-0.4, -0.2) is 50.1 Å². The summed E-state index contributed by atoms with van der Waals surface area (Å²) in [6.45, 7) is 5.93. The van der Waals surface area contributed by atoms with Crippen LogP contribution in [0.3, 0.4) is 0 Å². The van der Waals surface area contributed by atoms with E-state index in [1.165, 1.54) is 214 Å². The maximum Gasteiger partial charge on any atom is 0.305 e. The molecule has 0 saturated heterocycles. The van der Waals surface area contributed by atoms with Gasteiger partial charge in [0, 0.05) is 35.7 Å². The van der Waals surface area contributed by atoms with Gasteiger partial charge in [0.05, 0.1) is 24.3 Å². The van der Waals surface area contributed by atoms with Crippen LogP contribution in [0.5, 0.6) is 0 Å². The fourth-order valence-electron chi connectivity index (χ4n) is 8.79. The molecule has 0 unspecified atom stereocenters. The Bertz CT molecular complexity index is 1470. The smallest absolute Gasteiger partial charge is 0.305 e. The zero-order chi connectivity index (χ0) is 50.2. The Kier molecular flexibility index (Phi) is 42.4. The molecule has 2 aromatic rings. The summed E-state index contributed by atoms with van der Waals surface area (Å²) >= 11 is 0. The Morgan fingerprint density at radius 3 is 0.900 bits per heavy atom. The molecule has 398 valence electrons. The third kappa shape index (κ3) is 36.0. The van der Waals surface area contributed by atoms with Crippen molar-refractivity contribution in [3.63, 3.8) is 0 Å². The molecular weight excluding hydrogens is 909 g/mol. The normalized spacial score (nSPS) is 11.2. The average molecular weight is 1010 g/mol. The number of benzene rings is 2. The molecule has 8 nitrogen and oxygen atoms in total. The molecule has 0 aliphatic carbocycles. The Morgan fingerprint density at radius 2 is 0.614 bits per heavy atom. The molecule has 10 heteroatoms. The number of carbonyl (C=O) groups is 4. The zero-order valence-electron chi connectivity index (χ0n) is 44.6. The molecule has 70 heavy (non-hydrogen) atoms. The molecule has 0 fully saturated rings. The molecule has 0 radical (unpaired) electrons. The molecule has 2 aromatic carbocycles. The number of hydrogen-bond donors (Lipinski definition) is 2. The fraction of sp³-hybridized carbons (Fsp3) is 0.733. The molecule has 0 aromatic heterocycles. The highest BCUT2D eigenvalue weighted by Crippen LogP contribution is 2.40. The number of hydrogen-bond acceptors (Lipinski definition) is 8. The average Bonchev–Trinajstić information content (AvgIpc) is 3.37. The third-order valence-corrected chi connectivity index (χ3v) is 15.7. The zero-order valence-corrected chi connectivity index (χ0v) is 46.2. The van der Waals surface area contributed by atoms with Crippen LogP contribution in [0.1, 0.15) is 279 Å². The van der Waals surface area contributed by atoms with Crippen LogP contribution in [0.2, 0.25) is 0 Å². The third-order valence-electron chi connectivity index (χ3n) is 13.2. The Morgan fingerprint density at radius 1 is 0.357 bits per heavy atom. The van der Waals surface area contributed by atoms with Gasteiger partial charge in [-0.25, -0.2) is 0 Å². The highest BCUT2D eigenvalue weighted by atomic mass is 33.1. The van der Waals surface area contributed by atoms with Gasteiger partial charge in [-0.05, 0) is 49.9 Å². The van der Waals surface area contributed by atoms with Gasteiger partial charge in [-0.3, -0.25) is 19.2 Å². The van der Waals surface area contributed by atoms with Gasteiger partial charge >= 0.3 is 11.9 Å². The minimum absolute atomic E-state index is 0.160. The Hall–Kier alpha value is -2.98. The molecule has 2 N–H and O–H groups in total. The topological polar surface area (TPSA) is 111 Å². The van der Waals surface area contributed by atoms with Gasteiger partial charge in [-0.2, -0.15) is 0 Å². The monoisotopic (exact) mass is 1010 g/mol. The number of carbonyl (C=O) groups excluding carboxylic acids is 4. The lowest BCUT2D eigenvalue weighted by molar-refractivity contribution is -0.144. The minimum atomic E-state index is -0.189. The van der Waals surface area contributed by atoms with Crippen molar-refractivity contribution in [2.45, 2.75) is 268 Å². The van der Waals surface area contributed by atoms with E-state index in [4.69, 9.17) is 9.47 Å². The Balaban J connectivity index is 1.48. The van der Waals surface area contributed by atoms with E-state index in [9.17, 15) is 19.2 Å². The summed E-state index contributed by atoms with van der Waals surface area (Å²) in [5, 5.41) is 5.94. The van der Waals surface area contributed by atoms with E-state index in [1.807, 2.05) is 36.4 Å². The molecule has 0 heterocycles. The summed E-state index contributed by atoms with van der Waals surface area (Å²) in [4.78, 5) is 52.5. The standard InChI is InChI=1S/C60H100N2O6S2/c1-3-5-7-9-11-13-15-17-19-21-23-25-27-29-31-33-35-47-57(63)67-51-41-49-61-59(65)53-43-37-39-45-55(53)69-70-56-46-40-38-44-54(56)60(66)62-50-42-52-68-58(64)48-36-34-32-30-28-26-24-22-20-18-16-14-12-10-8-6-4-2/h37-40,43-46H,3-36,41-42,47-52H2,1-2H3,(H,61,65)(H,62,66). The first-order chi connectivity index (χ1) is 34.5. The second-order valence-corrected chi connectivity index (χ2v) is 21.8. The lowest BCUT2D eigenvalue weighted by Crippen LogP contribution is -2.26. The molecule has 0 aliphatic rings. The van der Waals surface area contributed by atoms with Crippen LogP contribution in [-0.2, 0) is 19.1 Å². The van der Waals surface area contributed by atoms with Gasteiger partial charge < -0.3 is 20.1 Å². The van der Waals surface area contributed by atoms with Crippen LogP contribution in [0.4, 0.5) is 0 Å². The number of amides is 2. The molecule has 0 atom stereocenters. The predicted octanol–water partition coefficient (Wildman–Crippen LogP) is 17.9. The number of unbranched alkanes of at least 4 members (excludes halogenated alkanes) is 32. The molecule has 0 bridgehead atoms. The first-order valence-electron chi connectivity index (χ1n) is 28.9. The van der Waals surface area contributed by atoms with Crippen molar-refractivity contribution in [2.24, 2.45) is 0 Å². The SMILES string of the molecule is CCCCCCCCCCCCCCCCCCCC(=O)OCCCNC(=O)c1ccccc1SSc1ccccc1C(=O)NCCCOC(=O)CCCCCCCCCCCCCCCCCCC. The number of nitrogens with one attached hydrogen (secondary N) is 2. The second kappa shape index (κ2) is 47.1. The van der Waals surface area contributed by atoms with E-state index in [0.29, 0.717) is 49.9 Å². The number of rotatable bonds is 49. The predicted molar refractivity (Wildman–Crippen MR) is 298 cm³/mol. The highest BCUT2D eigenvalue weighted by Gasteiger charge is 2.16. The summed E-state index contributed by atoms with van der Waals surface area (Å²) < 4.78 is 10.9. The van der Waals surface area contributed by atoms with Gasteiger partial charge in [-0.1, -0.05) is 265 Å². The minimum Gasteiger partial charge on any atom is -0.466 e. The van der Waals surface area contributed by atoms with Gasteiger partial charge in [0.25, 0.3) is 11.8 Å². The van der Waals surface area contributed by atoms with E-state index in [-0.39, 0.29) is 37.0 Å². The summed E-state index contributed by atoms with van der Waals surface area (Å²) in [6, 6.07) is 14.9. The Labute approximate surface area is 436 Å². The fourth-order valence-corrected chi connectivity index (χ4v) is 11.1. The maximum atomic E-state index is 13.2. The van der Waals surface area contributed by atoms with Crippen molar-refractivity contribution in [1.82, 2.24) is 10.6 Å². The molecule has 0 spiro atoms. The summed E-state index contributed by atoms with van der Waals surface area (Å²) in [6.07, 6.45) is 46.6. The van der Waals surface area contributed by atoms with E-state index in [0.717, 1.165) is 35.5 Å². The highest BCUT2D eigenvalue weighted by molar-refractivity contribution is 8.76. The van der Waals surface area contributed by atoms with Crippen LogP contribution in [0.15, 0.2) is 58.3 Å². The van der Waals surface area contributed by atoms with E-state index >= 15 is 0 Å². The first kappa shape index (κ1) is 63.1. The van der Waals surface area contributed by atoms with E-state index in [2.05, 4.69) is 24.5 Å². The van der Waals surface area contributed by atoms with Crippen molar-refractivity contribution >= 4 is 45.3 Å².